The minimum atomic E-state index is -1.81. The molecule has 0 aromatic carbocycles. The van der Waals surface area contributed by atoms with Crippen molar-refractivity contribution < 1.29 is 53.3 Å². The van der Waals surface area contributed by atoms with Crippen molar-refractivity contribution in [2.45, 2.75) is 51.6 Å². The zero-order valence-electron chi connectivity index (χ0n) is 15.6. The van der Waals surface area contributed by atoms with E-state index in [0.717, 1.165) is 13.8 Å². The van der Waals surface area contributed by atoms with Crippen LogP contribution in [0.5, 0.6) is 0 Å². The second-order valence-corrected chi connectivity index (χ2v) is 5.93. The predicted octanol–water partition coefficient (Wildman–Crippen LogP) is -2.07. The third kappa shape index (κ3) is 11.6. The lowest BCUT2D eigenvalue weighted by Gasteiger charge is -2.16. The SMILES string of the molecule is CC(=O)CC(=O)N[C@@H](CC(=O)OC(=O)[C@H](CC(=O)O)NC(=O)CC(C)=O)C(=O)O. The van der Waals surface area contributed by atoms with E-state index in [4.69, 9.17) is 10.2 Å². The molecule has 2 amide bonds. The van der Waals surface area contributed by atoms with Crippen molar-refractivity contribution >= 4 is 47.3 Å². The largest absolute Gasteiger partial charge is 0.481 e. The lowest BCUT2D eigenvalue weighted by Crippen LogP contribution is -2.46. The Labute approximate surface area is 163 Å². The van der Waals surface area contributed by atoms with Crippen LogP contribution in [0, 0.1) is 0 Å². The van der Waals surface area contributed by atoms with Gasteiger partial charge >= 0.3 is 23.9 Å². The lowest BCUT2D eigenvalue weighted by atomic mass is 10.1. The van der Waals surface area contributed by atoms with Gasteiger partial charge in [0.2, 0.25) is 11.8 Å². The molecular weight excluding hydrogens is 396 g/mol. The van der Waals surface area contributed by atoms with Gasteiger partial charge in [-0.2, -0.15) is 0 Å². The number of hydrogen-bond donors (Lipinski definition) is 4. The zero-order chi connectivity index (χ0) is 22.7. The van der Waals surface area contributed by atoms with Crippen LogP contribution in [0.3, 0.4) is 0 Å². The first-order valence-electron chi connectivity index (χ1n) is 8.08. The molecule has 0 aliphatic rings. The summed E-state index contributed by atoms with van der Waals surface area (Å²) in [6.45, 7) is 2.17. The topological polar surface area (TPSA) is 210 Å². The van der Waals surface area contributed by atoms with E-state index in [-0.39, 0.29) is 0 Å². The molecule has 0 radical (unpaired) electrons. The van der Waals surface area contributed by atoms with Gasteiger partial charge in [-0.25, -0.2) is 9.59 Å². The fourth-order valence-electron chi connectivity index (χ4n) is 1.90. The van der Waals surface area contributed by atoms with E-state index in [1.165, 1.54) is 0 Å². The van der Waals surface area contributed by atoms with Crippen molar-refractivity contribution in [3.8, 4) is 0 Å². The zero-order valence-corrected chi connectivity index (χ0v) is 15.6. The average molecular weight is 416 g/mol. The maximum atomic E-state index is 11.9. The van der Waals surface area contributed by atoms with E-state index >= 15 is 0 Å². The van der Waals surface area contributed by atoms with Crippen LogP contribution in [-0.4, -0.2) is 69.6 Å². The van der Waals surface area contributed by atoms with E-state index in [1.54, 1.807) is 0 Å². The van der Waals surface area contributed by atoms with E-state index in [0.29, 0.717) is 0 Å². The van der Waals surface area contributed by atoms with E-state index < -0.39 is 85.0 Å². The molecule has 0 fully saturated rings. The Bertz CT molecular complexity index is 728. The highest BCUT2D eigenvalue weighted by Gasteiger charge is 2.30. The number of carboxylic acids is 2. The molecule has 0 rings (SSSR count). The van der Waals surface area contributed by atoms with Gasteiger partial charge in [0.05, 0.1) is 25.7 Å². The van der Waals surface area contributed by atoms with Gasteiger partial charge in [0, 0.05) is 0 Å². The first-order valence-corrected chi connectivity index (χ1v) is 8.08. The number of ketones is 2. The number of hydrogen-bond acceptors (Lipinski definition) is 9. The van der Waals surface area contributed by atoms with E-state index in [2.05, 4.69) is 4.74 Å². The Morgan fingerprint density at radius 2 is 1.21 bits per heavy atom. The number of ether oxygens (including phenoxy) is 1. The molecule has 0 heterocycles. The number of carbonyl (C=O) groups excluding carboxylic acids is 6. The summed E-state index contributed by atoms with van der Waals surface area (Å²) in [5.41, 5.74) is 0. The van der Waals surface area contributed by atoms with Crippen molar-refractivity contribution in [1.29, 1.82) is 0 Å². The van der Waals surface area contributed by atoms with Crippen molar-refractivity contribution in [3.05, 3.63) is 0 Å². The van der Waals surface area contributed by atoms with Crippen LogP contribution >= 0.6 is 0 Å². The Kier molecular flexibility index (Phi) is 10.4. The molecule has 2 atom stereocenters. The van der Waals surface area contributed by atoms with Crippen LogP contribution in [0.25, 0.3) is 0 Å². The summed E-state index contributed by atoms with van der Waals surface area (Å²) in [5.74, 6) is -9.16. The smallest absolute Gasteiger partial charge is 0.336 e. The van der Waals surface area contributed by atoms with E-state index in [1.807, 2.05) is 10.6 Å². The molecule has 0 bridgehead atoms. The molecule has 0 unspecified atom stereocenters. The van der Waals surface area contributed by atoms with Gasteiger partial charge < -0.3 is 25.6 Å². The number of carboxylic acid groups (broad SMARTS) is 2. The second-order valence-electron chi connectivity index (χ2n) is 5.93. The molecule has 0 spiro atoms. The fraction of sp³-hybridized carbons (Fsp3) is 0.500. The molecule has 13 heteroatoms. The Morgan fingerprint density at radius 1 is 0.759 bits per heavy atom. The first kappa shape index (κ1) is 25.4. The number of rotatable bonds is 12. The molecule has 13 nitrogen and oxygen atoms in total. The summed E-state index contributed by atoms with van der Waals surface area (Å²) >= 11 is 0. The standard InChI is InChI=1S/C16H20N2O11/c1-7(19)3-11(21)17-9(15(26)27)6-14(25)29-16(28)10(5-13(23)24)18-12(22)4-8(2)20/h9-10H,3-6H2,1-2H3,(H,17,21)(H,18,22)(H,23,24)(H,26,27)/t9-,10-/m0/s1. The molecule has 160 valence electrons. The van der Waals surface area contributed by atoms with Crippen LogP contribution < -0.4 is 10.6 Å². The van der Waals surface area contributed by atoms with Gasteiger partial charge in [-0.15, -0.1) is 0 Å². The number of amides is 2. The molecule has 0 aromatic rings. The van der Waals surface area contributed by atoms with Crippen LogP contribution in [0.1, 0.15) is 39.5 Å². The molecule has 4 N–H and O–H groups in total. The number of aliphatic carboxylic acids is 2. The highest BCUT2D eigenvalue weighted by molar-refractivity contribution is 6.01. The van der Waals surface area contributed by atoms with Gasteiger partial charge in [0.25, 0.3) is 0 Å². The summed E-state index contributed by atoms with van der Waals surface area (Å²) < 4.78 is 4.34. The molecule has 0 aliphatic carbocycles. The monoisotopic (exact) mass is 416 g/mol. The van der Waals surface area contributed by atoms with Gasteiger partial charge in [-0.05, 0) is 13.8 Å². The Morgan fingerprint density at radius 3 is 1.59 bits per heavy atom. The van der Waals surface area contributed by atoms with Crippen LogP contribution in [0.4, 0.5) is 0 Å². The molecule has 0 saturated carbocycles. The molecule has 0 aliphatic heterocycles. The third-order valence-electron chi connectivity index (χ3n) is 3.04. The first-order chi connectivity index (χ1) is 13.3. The summed E-state index contributed by atoms with van der Waals surface area (Å²) in [6, 6.07) is -3.62. The highest BCUT2D eigenvalue weighted by atomic mass is 16.6. The predicted molar refractivity (Wildman–Crippen MR) is 90.1 cm³/mol. The highest BCUT2D eigenvalue weighted by Crippen LogP contribution is 2.03. The maximum absolute atomic E-state index is 11.9. The fourth-order valence-corrected chi connectivity index (χ4v) is 1.90. The van der Waals surface area contributed by atoms with Crippen molar-refractivity contribution in [1.82, 2.24) is 10.6 Å². The summed E-state index contributed by atoms with van der Waals surface area (Å²) in [7, 11) is 0. The van der Waals surface area contributed by atoms with Gasteiger partial charge in [-0.1, -0.05) is 0 Å². The third-order valence-corrected chi connectivity index (χ3v) is 3.04. The minimum Gasteiger partial charge on any atom is -0.481 e. The number of carbonyl (C=O) groups is 8. The maximum Gasteiger partial charge on any atom is 0.336 e. The van der Waals surface area contributed by atoms with Gasteiger partial charge in [-0.3, -0.25) is 28.8 Å². The summed E-state index contributed by atoms with van der Waals surface area (Å²) in [4.78, 5) is 90.4. The van der Waals surface area contributed by atoms with E-state index in [9.17, 15) is 38.4 Å². The quantitative estimate of drug-likeness (QED) is 0.200. The van der Waals surface area contributed by atoms with Crippen LogP contribution in [-0.2, 0) is 43.1 Å². The van der Waals surface area contributed by atoms with Crippen molar-refractivity contribution in [3.63, 3.8) is 0 Å². The van der Waals surface area contributed by atoms with Gasteiger partial charge in [0.1, 0.15) is 23.7 Å². The summed E-state index contributed by atoms with van der Waals surface area (Å²) in [6.07, 6.45) is -3.24. The Hall–Kier alpha value is -3.64. The van der Waals surface area contributed by atoms with Crippen molar-refractivity contribution in [2.75, 3.05) is 0 Å². The average Bonchev–Trinajstić information content (AvgIpc) is 2.51. The number of nitrogens with one attached hydrogen (secondary N) is 2. The molecule has 0 saturated heterocycles. The second kappa shape index (κ2) is 11.9. The van der Waals surface area contributed by atoms with Crippen LogP contribution in [0.15, 0.2) is 0 Å². The lowest BCUT2D eigenvalue weighted by molar-refractivity contribution is -0.165. The van der Waals surface area contributed by atoms with Crippen LogP contribution in [0.2, 0.25) is 0 Å². The number of esters is 2. The molecular formula is C16H20N2O11. The minimum absolute atomic E-state index is 0.554. The number of Topliss-reactive ketones (excluding diaryl/α,β-unsaturated/α-hetero) is 2. The van der Waals surface area contributed by atoms with Gasteiger partial charge in [0.15, 0.2) is 0 Å². The normalized spacial score (nSPS) is 12.1. The summed E-state index contributed by atoms with van der Waals surface area (Å²) in [5, 5.41) is 21.6. The Balaban J connectivity index is 5.01. The van der Waals surface area contributed by atoms with Crippen molar-refractivity contribution in [2.24, 2.45) is 0 Å². The molecule has 29 heavy (non-hydrogen) atoms. The molecule has 0 aromatic heterocycles.